The Morgan fingerprint density at radius 3 is 3.00 bits per heavy atom. The summed E-state index contributed by atoms with van der Waals surface area (Å²) in [7, 11) is 1.85. The van der Waals surface area contributed by atoms with Gasteiger partial charge in [0, 0.05) is 25.6 Å². The summed E-state index contributed by atoms with van der Waals surface area (Å²) in [5.74, 6) is -0.428. The third-order valence-corrected chi connectivity index (χ3v) is 2.66. The number of carboxylic acid groups (broad SMARTS) is 1. The molecule has 1 atom stereocenters. The Hall–Kier alpha value is -1.36. The van der Waals surface area contributed by atoms with Crippen LogP contribution in [-0.4, -0.2) is 26.9 Å². The number of nitrogens with zero attached hydrogens (tertiary/aromatic N) is 2. The van der Waals surface area contributed by atoms with Crippen LogP contribution in [-0.2, 0) is 18.3 Å². The summed E-state index contributed by atoms with van der Waals surface area (Å²) in [6, 6.07) is -0.827. The molecule has 2 rings (SSSR count). The van der Waals surface area contributed by atoms with Crippen molar-refractivity contribution in [3.05, 3.63) is 17.5 Å². The Balaban J connectivity index is 2.15. The molecule has 1 unspecified atom stereocenters. The molecule has 1 heterocycles. The molecule has 5 nitrogen and oxygen atoms in total. The zero-order valence-electron chi connectivity index (χ0n) is 8.68. The minimum Gasteiger partial charge on any atom is -0.480 e. The van der Waals surface area contributed by atoms with Gasteiger partial charge in [-0.2, -0.15) is 5.10 Å². The van der Waals surface area contributed by atoms with Crippen LogP contribution in [0.3, 0.4) is 0 Å². The minimum atomic E-state index is -0.958. The predicted octanol–water partition coefficient (Wildman–Crippen LogP) is 0.252. The summed E-state index contributed by atoms with van der Waals surface area (Å²) in [6.45, 7) is 0. The monoisotopic (exact) mass is 209 g/mol. The van der Waals surface area contributed by atoms with Gasteiger partial charge in [-0.05, 0) is 18.4 Å². The van der Waals surface area contributed by atoms with Crippen molar-refractivity contribution >= 4 is 5.97 Å². The van der Waals surface area contributed by atoms with Crippen molar-refractivity contribution in [2.75, 3.05) is 0 Å². The van der Waals surface area contributed by atoms with Crippen molar-refractivity contribution < 1.29 is 9.90 Å². The van der Waals surface area contributed by atoms with E-state index >= 15 is 0 Å². The van der Waals surface area contributed by atoms with Gasteiger partial charge in [0.15, 0.2) is 0 Å². The van der Waals surface area contributed by atoms with Crippen LogP contribution < -0.4 is 5.73 Å². The fourth-order valence-electron chi connectivity index (χ4n) is 1.74. The highest BCUT2D eigenvalue weighted by molar-refractivity contribution is 5.73. The number of aliphatic carboxylic acids is 1. The van der Waals surface area contributed by atoms with Gasteiger partial charge in [0.1, 0.15) is 6.04 Å². The van der Waals surface area contributed by atoms with Crippen LogP contribution in [0.2, 0.25) is 0 Å². The first-order valence-corrected chi connectivity index (χ1v) is 5.08. The van der Waals surface area contributed by atoms with Crippen LogP contribution in [0.25, 0.3) is 0 Å². The van der Waals surface area contributed by atoms with Gasteiger partial charge in [-0.3, -0.25) is 9.48 Å². The molecule has 1 fully saturated rings. The SMILES string of the molecule is Cn1cc(CC(N)C(=O)O)c(C2CC2)n1. The van der Waals surface area contributed by atoms with Crippen LogP contribution in [0.5, 0.6) is 0 Å². The van der Waals surface area contributed by atoms with Crippen molar-refractivity contribution in [2.45, 2.75) is 31.2 Å². The second-order valence-corrected chi connectivity index (χ2v) is 4.14. The van der Waals surface area contributed by atoms with Gasteiger partial charge in [-0.25, -0.2) is 0 Å². The van der Waals surface area contributed by atoms with E-state index in [-0.39, 0.29) is 0 Å². The molecule has 0 bridgehead atoms. The summed E-state index contributed by atoms with van der Waals surface area (Å²) < 4.78 is 1.73. The molecule has 0 aromatic carbocycles. The molecule has 1 aromatic rings. The second-order valence-electron chi connectivity index (χ2n) is 4.14. The van der Waals surface area contributed by atoms with E-state index in [1.165, 1.54) is 0 Å². The zero-order chi connectivity index (χ0) is 11.0. The minimum absolute atomic E-state index is 0.370. The number of hydrogen-bond donors (Lipinski definition) is 2. The van der Waals surface area contributed by atoms with E-state index < -0.39 is 12.0 Å². The van der Waals surface area contributed by atoms with Gasteiger partial charge in [-0.15, -0.1) is 0 Å². The summed E-state index contributed by atoms with van der Waals surface area (Å²) in [5, 5.41) is 13.1. The Labute approximate surface area is 87.9 Å². The lowest BCUT2D eigenvalue weighted by Gasteiger charge is -2.05. The van der Waals surface area contributed by atoms with Crippen molar-refractivity contribution in [3.63, 3.8) is 0 Å². The lowest BCUT2D eigenvalue weighted by Crippen LogP contribution is -2.32. The first kappa shape index (κ1) is 10.2. The molecule has 0 radical (unpaired) electrons. The Bertz CT molecular complexity index is 382. The summed E-state index contributed by atoms with van der Waals surface area (Å²) >= 11 is 0. The number of aromatic nitrogens is 2. The van der Waals surface area contributed by atoms with E-state index in [4.69, 9.17) is 10.8 Å². The van der Waals surface area contributed by atoms with Gasteiger partial charge in [0.25, 0.3) is 0 Å². The third-order valence-electron chi connectivity index (χ3n) is 2.66. The maximum absolute atomic E-state index is 10.7. The van der Waals surface area contributed by atoms with E-state index in [0.717, 1.165) is 24.1 Å². The highest BCUT2D eigenvalue weighted by Crippen LogP contribution is 2.40. The van der Waals surface area contributed by atoms with Crippen LogP contribution >= 0.6 is 0 Å². The van der Waals surface area contributed by atoms with E-state index in [1.54, 1.807) is 4.68 Å². The largest absolute Gasteiger partial charge is 0.480 e. The molecule has 0 amide bonds. The van der Waals surface area contributed by atoms with Gasteiger partial charge >= 0.3 is 5.97 Å². The highest BCUT2D eigenvalue weighted by Gasteiger charge is 2.29. The molecule has 0 spiro atoms. The number of rotatable bonds is 4. The van der Waals surface area contributed by atoms with E-state index in [9.17, 15) is 4.79 Å². The van der Waals surface area contributed by atoms with Crippen LogP contribution in [0.1, 0.15) is 30.0 Å². The molecule has 3 N–H and O–H groups in total. The Kier molecular flexibility index (Phi) is 2.48. The molecule has 1 saturated carbocycles. The highest BCUT2D eigenvalue weighted by atomic mass is 16.4. The summed E-state index contributed by atoms with van der Waals surface area (Å²) in [4.78, 5) is 10.7. The van der Waals surface area contributed by atoms with Crippen molar-refractivity contribution in [1.82, 2.24) is 9.78 Å². The number of aryl methyl sites for hydroxylation is 1. The van der Waals surface area contributed by atoms with Crippen molar-refractivity contribution in [1.29, 1.82) is 0 Å². The van der Waals surface area contributed by atoms with E-state index in [0.29, 0.717) is 12.3 Å². The van der Waals surface area contributed by atoms with Crippen molar-refractivity contribution in [3.8, 4) is 0 Å². The molecule has 0 saturated heterocycles. The number of nitrogens with two attached hydrogens (primary N) is 1. The Morgan fingerprint density at radius 1 is 1.80 bits per heavy atom. The molecule has 1 aliphatic rings. The van der Waals surface area contributed by atoms with Gasteiger partial charge in [0.05, 0.1) is 5.69 Å². The molecule has 82 valence electrons. The summed E-state index contributed by atoms with van der Waals surface area (Å²) in [6.07, 6.45) is 4.56. The topological polar surface area (TPSA) is 81.1 Å². The van der Waals surface area contributed by atoms with Gasteiger partial charge in [-0.1, -0.05) is 0 Å². The first-order chi connectivity index (χ1) is 7.08. The molecule has 1 aromatic heterocycles. The van der Waals surface area contributed by atoms with Gasteiger partial charge < -0.3 is 10.8 Å². The normalized spacial score (nSPS) is 17.7. The maximum atomic E-state index is 10.7. The molecule has 1 aliphatic carbocycles. The lowest BCUT2D eigenvalue weighted by molar-refractivity contribution is -0.138. The first-order valence-electron chi connectivity index (χ1n) is 5.08. The maximum Gasteiger partial charge on any atom is 0.320 e. The second kappa shape index (κ2) is 3.66. The molecule has 5 heteroatoms. The standard InChI is InChI=1S/C10H15N3O2/c1-13-5-7(4-8(11)10(14)15)9(12-13)6-2-3-6/h5-6,8H,2-4,11H2,1H3,(H,14,15). The average Bonchev–Trinajstić information content (AvgIpc) is 2.92. The molecule has 15 heavy (non-hydrogen) atoms. The van der Waals surface area contributed by atoms with E-state index in [2.05, 4.69) is 5.10 Å². The lowest BCUT2D eigenvalue weighted by atomic mass is 10.1. The zero-order valence-corrected chi connectivity index (χ0v) is 8.68. The van der Waals surface area contributed by atoms with E-state index in [1.807, 2.05) is 13.2 Å². The fraction of sp³-hybridized carbons (Fsp3) is 0.600. The number of hydrogen-bond acceptors (Lipinski definition) is 3. The summed E-state index contributed by atoms with van der Waals surface area (Å²) in [5.41, 5.74) is 7.53. The average molecular weight is 209 g/mol. The Morgan fingerprint density at radius 2 is 2.47 bits per heavy atom. The molecular formula is C10H15N3O2. The quantitative estimate of drug-likeness (QED) is 0.745. The third kappa shape index (κ3) is 2.18. The predicted molar refractivity (Wildman–Crippen MR) is 54.5 cm³/mol. The van der Waals surface area contributed by atoms with Crippen LogP contribution in [0.15, 0.2) is 6.20 Å². The molecular weight excluding hydrogens is 194 g/mol. The number of carboxylic acids is 1. The molecule has 0 aliphatic heterocycles. The van der Waals surface area contributed by atoms with Gasteiger partial charge in [0.2, 0.25) is 0 Å². The number of carbonyl (C=O) groups is 1. The van der Waals surface area contributed by atoms with Crippen molar-refractivity contribution in [2.24, 2.45) is 12.8 Å². The fourth-order valence-corrected chi connectivity index (χ4v) is 1.74. The van der Waals surface area contributed by atoms with Crippen LogP contribution in [0.4, 0.5) is 0 Å². The van der Waals surface area contributed by atoms with Crippen LogP contribution in [0, 0.1) is 0 Å². The smallest absolute Gasteiger partial charge is 0.320 e.